The fraction of sp³-hybridized carbons (Fsp3) is 0.188. The van der Waals surface area contributed by atoms with Crippen LogP contribution in [-0.4, -0.2) is 25.2 Å². The number of hydrogen-bond donors (Lipinski definition) is 2. The normalized spacial score (nSPS) is 10.0. The monoisotopic (exact) mass is 287 g/mol. The minimum Gasteiger partial charge on any atom is -0.504 e. The van der Waals surface area contributed by atoms with Gasteiger partial charge >= 0.3 is 0 Å². The van der Waals surface area contributed by atoms with Crippen molar-refractivity contribution >= 4 is 5.91 Å². The van der Waals surface area contributed by atoms with Gasteiger partial charge in [-0.25, -0.2) is 0 Å². The standard InChI is InChI=1S/C16H17NO4/c1-20-14-6-4-3-5-12(14)10-17-16(19)11-7-8-15(21-2)13(18)9-11/h3-9,18H,10H2,1-2H3,(H,17,19). The Hall–Kier alpha value is -2.69. The fourth-order valence-electron chi connectivity index (χ4n) is 1.96. The molecule has 0 aromatic heterocycles. The summed E-state index contributed by atoms with van der Waals surface area (Å²) in [6.45, 7) is 0.343. The second-order valence-electron chi connectivity index (χ2n) is 4.38. The number of phenols is 1. The lowest BCUT2D eigenvalue weighted by atomic mass is 10.1. The quantitative estimate of drug-likeness (QED) is 0.885. The molecule has 0 bridgehead atoms. The zero-order valence-corrected chi connectivity index (χ0v) is 11.9. The van der Waals surface area contributed by atoms with Gasteiger partial charge in [-0.05, 0) is 24.3 Å². The van der Waals surface area contributed by atoms with Crippen LogP contribution in [0.1, 0.15) is 15.9 Å². The molecular weight excluding hydrogens is 270 g/mol. The third-order valence-corrected chi connectivity index (χ3v) is 3.07. The van der Waals surface area contributed by atoms with Crippen molar-refractivity contribution in [2.75, 3.05) is 14.2 Å². The smallest absolute Gasteiger partial charge is 0.251 e. The van der Waals surface area contributed by atoms with Gasteiger partial charge in [-0.15, -0.1) is 0 Å². The Bertz CT molecular complexity index is 640. The largest absolute Gasteiger partial charge is 0.504 e. The summed E-state index contributed by atoms with van der Waals surface area (Å²) in [6.07, 6.45) is 0. The second kappa shape index (κ2) is 6.65. The molecule has 0 spiro atoms. The highest BCUT2D eigenvalue weighted by atomic mass is 16.5. The van der Waals surface area contributed by atoms with Gasteiger partial charge in [0, 0.05) is 17.7 Å². The Labute approximate surface area is 123 Å². The van der Waals surface area contributed by atoms with E-state index >= 15 is 0 Å². The molecule has 5 heteroatoms. The molecule has 2 N–H and O–H groups in total. The van der Waals surface area contributed by atoms with Crippen molar-refractivity contribution < 1.29 is 19.4 Å². The molecule has 0 heterocycles. The first kappa shape index (κ1) is 14.7. The van der Waals surface area contributed by atoms with Gasteiger partial charge in [0.25, 0.3) is 5.91 Å². The maximum Gasteiger partial charge on any atom is 0.251 e. The number of carbonyl (C=O) groups excluding carboxylic acids is 1. The Morgan fingerprint density at radius 2 is 1.81 bits per heavy atom. The minimum atomic E-state index is -0.279. The van der Waals surface area contributed by atoms with E-state index in [0.717, 1.165) is 11.3 Å². The van der Waals surface area contributed by atoms with E-state index in [0.29, 0.717) is 17.9 Å². The maximum absolute atomic E-state index is 12.1. The molecule has 5 nitrogen and oxygen atoms in total. The molecule has 0 aliphatic rings. The van der Waals surface area contributed by atoms with Gasteiger partial charge in [-0.2, -0.15) is 0 Å². The molecular formula is C16H17NO4. The van der Waals surface area contributed by atoms with E-state index in [-0.39, 0.29) is 11.7 Å². The summed E-state index contributed by atoms with van der Waals surface area (Å²) >= 11 is 0. The Kier molecular flexibility index (Phi) is 4.66. The molecule has 0 radical (unpaired) electrons. The SMILES string of the molecule is COc1ccc(C(=O)NCc2ccccc2OC)cc1O. The zero-order chi connectivity index (χ0) is 15.2. The van der Waals surface area contributed by atoms with Crippen LogP contribution in [0.15, 0.2) is 42.5 Å². The number of para-hydroxylation sites is 1. The minimum absolute atomic E-state index is 0.0672. The van der Waals surface area contributed by atoms with Gasteiger partial charge < -0.3 is 19.9 Å². The highest BCUT2D eigenvalue weighted by Crippen LogP contribution is 2.26. The van der Waals surface area contributed by atoms with E-state index in [2.05, 4.69) is 5.32 Å². The van der Waals surface area contributed by atoms with Crippen LogP contribution in [0.2, 0.25) is 0 Å². The number of benzene rings is 2. The van der Waals surface area contributed by atoms with Crippen molar-refractivity contribution in [3.05, 3.63) is 53.6 Å². The first-order valence-electron chi connectivity index (χ1n) is 6.42. The summed E-state index contributed by atoms with van der Waals surface area (Å²) in [6, 6.07) is 12.0. The van der Waals surface area contributed by atoms with Crippen molar-refractivity contribution in [2.45, 2.75) is 6.54 Å². The van der Waals surface area contributed by atoms with Crippen LogP contribution in [0.3, 0.4) is 0 Å². The predicted molar refractivity (Wildman–Crippen MR) is 78.8 cm³/mol. The van der Waals surface area contributed by atoms with Crippen LogP contribution in [0.25, 0.3) is 0 Å². The number of aromatic hydroxyl groups is 1. The molecule has 0 aliphatic heterocycles. The second-order valence-corrected chi connectivity index (χ2v) is 4.38. The fourth-order valence-corrected chi connectivity index (χ4v) is 1.96. The van der Waals surface area contributed by atoms with E-state index in [1.54, 1.807) is 19.2 Å². The number of rotatable bonds is 5. The number of hydrogen-bond acceptors (Lipinski definition) is 4. The number of ether oxygens (including phenoxy) is 2. The summed E-state index contributed by atoms with van der Waals surface area (Å²) < 4.78 is 10.2. The molecule has 0 saturated heterocycles. The molecule has 0 atom stereocenters. The van der Waals surface area contributed by atoms with Gasteiger partial charge in [-0.1, -0.05) is 18.2 Å². The van der Waals surface area contributed by atoms with Crippen molar-refractivity contribution in [2.24, 2.45) is 0 Å². The van der Waals surface area contributed by atoms with Crippen molar-refractivity contribution in [1.29, 1.82) is 0 Å². The van der Waals surface area contributed by atoms with E-state index in [9.17, 15) is 9.90 Å². The van der Waals surface area contributed by atoms with E-state index in [1.165, 1.54) is 13.2 Å². The van der Waals surface area contributed by atoms with Crippen molar-refractivity contribution in [3.8, 4) is 17.2 Å². The van der Waals surface area contributed by atoms with Crippen molar-refractivity contribution in [1.82, 2.24) is 5.32 Å². The molecule has 2 rings (SSSR count). The average molecular weight is 287 g/mol. The first-order chi connectivity index (χ1) is 10.2. The van der Waals surface area contributed by atoms with E-state index < -0.39 is 0 Å². The molecule has 2 aromatic carbocycles. The topological polar surface area (TPSA) is 67.8 Å². The Morgan fingerprint density at radius 3 is 2.48 bits per heavy atom. The van der Waals surface area contributed by atoms with Crippen molar-refractivity contribution in [3.63, 3.8) is 0 Å². The lowest BCUT2D eigenvalue weighted by Gasteiger charge is -2.10. The first-order valence-corrected chi connectivity index (χ1v) is 6.42. The lowest BCUT2D eigenvalue weighted by Crippen LogP contribution is -2.23. The molecule has 1 amide bonds. The number of carbonyl (C=O) groups is 1. The van der Waals surface area contributed by atoms with Crippen LogP contribution in [-0.2, 0) is 6.54 Å². The molecule has 2 aromatic rings. The van der Waals surface area contributed by atoms with Crippen LogP contribution in [0.4, 0.5) is 0 Å². The lowest BCUT2D eigenvalue weighted by molar-refractivity contribution is 0.0950. The summed E-state index contributed by atoms with van der Waals surface area (Å²) in [5.74, 6) is 0.702. The highest BCUT2D eigenvalue weighted by molar-refractivity contribution is 5.94. The number of methoxy groups -OCH3 is 2. The van der Waals surface area contributed by atoms with Crippen LogP contribution >= 0.6 is 0 Å². The molecule has 0 unspecified atom stereocenters. The van der Waals surface area contributed by atoms with Gasteiger partial charge in [0.2, 0.25) is 0 Å². The van der Waals surface area contributed by atoms with E-state index in [1.807, 2.05) is 24.3 Å². The highest BCUT2D eigenvalue weighted by Gasteiger charge is 2.10. The predicted octanol–water partition coefficient (Wildman–Crippen LogP) is 2.34. The maximum atomic E-state index is 12.1. The average Bonchev–Trinajstić information content (AvgIpc) is 2.52. The van der Waals surface area contributed by atoms with Gasteiger partial charge in [-0.3, -0.25) is 4.79 Å². The Balaban J connectivity index is 2.06. The van der Waals surface area contributed by atoms with Gasteiger partial charge in [0.1, 0.15) is 5.75 Å². The summed E-state index contributed by atoms with van der Waals surface area (Å²) in [4.78, 5) is 12.1. The summed E-state index contributed by atoms with van der Waals surface area (Å²) in [5.41, 5.74) is 1.24. The third kappa shape index (κ3) is 3.45. The summed E-state index contributed by atoms with van der Waals surface area (Å²) in [5, 5.41) is 12.5. The number of amides is 1. The van der Waals surface area contributed by atoms with Crippen LogP contribution in [0.5, 0.6) is 17.2 Å². The van der Waals surface area contributed by atoms with Crippen LogP contribution < -0.4 is 14.8 Å². The third-order valence-electron chi connectivity index (χ3n) is 3.07. The zero-order valence-electron chi connectivity index (χ0n) is 11.9. The number of nitrogens with one attached hydrogen (secondary N) is 1. The van der Waals surface area contributed by atoms with E-state index in [4.69, 9.17) is 9.47 Å². The molecule has 0 fully saturated rings. The molecule has 0 saturated carbocycles. The van der Waals surface area contributed by atoms with Gasteiger partial charge in [0.15, 0.2) is 11.5 Å². The summed E-state index contributed by atoms with van der Waals surface area (Å²) in [7, 11) is 3.04. The van der Waals surface area contributed by atoms with Gasteiger partial charge in [0.05, 0.1) is 14.2 Å². The molecule has 110 valence electrons. The molecule has 0 aliphatic carbocycles. The molecule has 21 heavy (non-hydrogen) atoms. The van der Waals surface area contributed by atoms with Crippen LogP contribution in [0, 0.1) is 0 Å². The number of phenolic OH excluding ortho intramolecular Hbond substituents is 1. The Morgan fingerprint density at radius 1 is 1.10 bits per heavy atom.